The minimum absolute atomic E-state index is 0. The molecule has 174 valence electrons. The molecule has 0 radical (unpaired) electrons. The molecular weight excluding hydrogens is 521 g/mol. The van der Waals surface area contributed by atoms with Crippen molar-refractivity contribution >= 4 is 47.2 Å². The molecule has 0 aromatic heterocycles. The number of carbonyl (C=O) groups excluding carboxylic acids is 1. The average molecular weight is 553 g/mol. The molecule has 2 aromatic carbocycles. The summed E-state index contributed by atoms with van der Waals surface area (Å²) >= 11 is 0. The van der Waals surface area contributed by atoms with E-state index in [0.717, 1.165) is 44.4 Å². The number of carbonyl (C=O) groups is 1. The number of phenolic OH excluding ortho intramolecular Hbond substituents is 1. The largest absolute Gasteiger partial charge is 0.506 e. The fourth-order valence-electron chi connectivity index (χ4n) is 3.50. The van der Waals surface area contributed by atoms with Gasteiger partial charge in [-0.3, -0.25) is 4.79 Å². The monoisotopic (exact) mass is 553 g/mol. The van der Waals surface area contributed by atoms with Gasteiger partial charge in [0.2, 0.25) is 5.91 Å². The topological polar surface area (TPSA) is 89.4 Å². The number of halogens is 1. The number of benzene rings is 2. The summed E-state index contributed by atoms with van der Waals surface area (Å²) in [6.07, 6.45) is 0. The Morgan fingerprint density at radius 3 is 2.56 bits per heavy atom. The predicted octanol–water partition coefficient (Wildman–Crippen LogP) is 3.14. The lowest BCUT2D eigenvalue weighted by Gasteiger charge is -2.37. The number of para-hydroxylation sites is 2. The number of phenols is 1. The minimum Gasteiger partial charge on any atom is -0.506 e. The molecule has 1 heterocycles. The smallest absolute Gasteiger partial charge is 0.221 e. The highest BCUT2D eigenvalue weighted by atomic mass is 127. The number of guanidine groups is 1. The number of amides is 1. The molecule has 8 nitrogen and oxygen atoms in total. The molecule has 0 atom stereocenters. The van der Waals surface area contributed by atoms with Gasteiger partial charge in [0.1, 0.15) is 18.1 Å². The molecule has 1 amide bonds. The van der Waals surface area contributed by atoms with E-state index in [1.54, 1.807) is 12.1 Å². The SMILES string of the molecule is CCNC(=NCCOc1cccc(NC(C)=O)c1)N1CCN(c2ccccc2O)CC1.I. The lowest BCUT2D eigenvalue weighted by atomic mass is 10.2. The number of ether oxygens (including phenoxy) is 1. The summed E-state index contributed by atoms with van der Waals surface area (Å²) in [5.74, 6) is 1.77. The van der Waals surface area contributed by atoms with Crippen LogP contribution in [0.15, 0.2) is 53.5 Å². The summed E-state index contributed by atoms with van der Waals surface area (Å²) in [6.45, 7) is 8.55. The van der Waals surface area contributed by atoms with Crippen molar-refractivity contribution in [1.82, 2.24) is 10.2 Å². The van der Waals surface area contributed by atoms with Crippen LogP contribution in [0.4, 0.5) is 11.4 Å². The molecule has 32 heavy (non-hydrogen) atoms. The van der Waals surface area contributed by atoms with Gasteiger partial charge in [0.25, 0.3) is 0 Å². The van der Waals surface area contributed by atoms with Crippen LogP contribution < -0.4 is 20.3 Å². The lowest BCUT2D eigenvalue weighted by molar-refractivity contribution is -0.114. The van der Waals surface area contributed by atoms with Crippen molar-refractivity contribution in [2.75, 3.05) is 56.1 Å². The highest BCUT2D eigenvalue weighted by Gasteiger charge is 2.21. The molecule has 0 unspecified atom stereocenters. The molecule has 1 saturated heterocycles. The van der Waals surface area contributed by atoms with Crippen molar-refractivity contribution in [2.45, 2.75) is 13.8 Å². The molecule has 1 aliphatic rings. The molecule has 3 rings (SSSR count). The van der Waals surface area contributed by atoms with E-state index in [1.807, 2.05) is 36.4 Å². The predicted molar refractivity (Wildman–Crippen MR) is 140 cm³/mol. The molecule has 1 fully saturated rings. The van der Waals surface area contributed by atoms with Crippen LogP contribution in [0.2, 0.25) is 0 Å². The second kappa shape index (κ2) is 13.0. The summed E-state index contributed by atoms with van der Waals surface area (Å²) in [4.78, 5) is 20.3. The Balaban J connectivity index is 0.00000363. The number of nitrogens with zero attached hydrogens (tertiary/aromatic N) is 3. The van der Waals surface area contributed by atoms with Crippen LogP contribution in [0.3, 0.4) is 0 Å². The zero-order valence-electron chi connectivity index (χ0n) is 18.6. The molecule has 3 N–H and O–H groups in total. The summed E-state index contributed by atoms with van der Waals surface area (Å²) < 4.78 is 5.79. The van der Waals surface area contributed by atoms with Crippen LogP contribution in [0.1, 0.15) is 13.8 Å². The van der Waals surface area contributed by atoms with Crippen molar-refractivity contribution in [1.29, 1.82) is 0 Å². The first-order valence-electron chi connectivity index (χ1n) is 10.6. The summed E-state index contributed by atoms with van der Waals surface area (Å²) in [5.41, 5.74) is 1.59. The fourth-order valence-corrected chi connectivity index (χ4v) is 3.50. The van der Waals surface area contributed by atoms with Gasteiger partial charge >= 0.3 is 0 Å². The Kier molecular flexibility index (Phi) is 10.4. The highest BCUT2D eigenvalue weighted by molar-refractivity contribution is 14.0. The third kappa shape index (κ3) is 7.47. The molecule has 1 aliphatic heterocycles. The lowest BCUT2D eigenvalue weighted by Crippen LogP contribution is -2.52. The fraction of sp³-hybridized carbons (Fsp3) is 0.391. The number of hydrogen-bond donors (Lipinski definition) is 3. The number of piperazine rings is 1. The van der Waals surface area contributed by atoms with Crippen LogP contribution in [-0.2, 0) is 4.79 Å². The van der Waals surface area contributed by atoms with Gasteiger partial charge in [0, 0.05) is 51.4 Å². The summed E-state index contributed by atoms with van der Waals surface area (Å²) in [5, 5.41) is 16.2. The number of aliphatic imine (C=N–C) groups is 1. The molecular formula is C23H32IN5O3. The van der Waals surface area contributed by atoms with Gasteiger partial charge in [-0.05, 0) is 31.2 Å². The van der Waals surface area contributed by atoms with Crippen LogP contribution in [0, 0.1) is 0 Å². The average Bonchev–Trinajstić information content (AvgIpc) is 2.76. The van der Waals surface area contributed by atoms with Crippen molar-refractivity contribution < 1.29 is 14.6 Å². The Hall–Kier alpha value is -2.69. The van der Waals surface area contributed by atoms with Crippen LogP contribution in [0.25, 0.3) is 0 Å². The minimum atomic E-state index is -0.111. The first-order chi connectivity index (χ1) is 15.1. The first-order valence-corrected chi connectivity index (χ1v) is 10.6. The van der Waals surface area contributed by atoms with Gasteiger partial charge in [0.05, 0.1) is 12.2 Å². The zero-order chi connectivity index (χ0) is 22.1. The number of hydrogen-bond acceptors (Lipinski definition) is 5. The third-order valence-electron chi connectivity index (χ3n) is 4.91. The molecule has 0 bridgehead atoms. The van der Waals surface area contributed by atoms with Crippen LogP contribution in [-0.4, -0.2) is 67.7 Å². The van der Waals surface area contributed by atoms with E-state index in [-0.39, 0.29) is 29.9 Å². The number of anilines is 2. The number of rotatable bonds is 7. The third-order valence-corrected chi connectivity index (χ3v) is 4.91. The molecule has 2 aromatic rings. The van der Waals surface area contributed by atoms with Gasteiger partial charge < -0.3 is 30.3 Å². The standard InChI is InChI=1S/C23H31N5O3.HI/c1-3-24-23(25-11-16-31-20-8-6-7-19(17-20)26-18(2)29)28-14-12-27(13-15-28)21-9-4-5-10-22(21)30;/h4-10,17,30H,3,11-16H2,1-2H3,(H,24,25)(H,26,29);1H. The van der Waals surface area contributed by atoms with E-state index in [1.165, 1.54) is 6.92 Å². The normalized spacial score (nSPS) is 13.9. The second-order valence-corrected chi connectivity index (χ2v) is 7.26. The van der Waals surface area contributed by atoms with Crippen molar-refractivity contribution in [2.24, 2.45) is 4.99 Å². The van der Waals surface area contributed by atoms with Gasteiger partial charge in [-0.25, -0.2) is 4.99 Å². The van der Waals surface area contributed by atoms with E-state index >= 15 is 0 Å². The number of aromatic hydroxyl groups is 1. The Bertz CT molecular complexity index is 901. The maximum Gasteiger partial charge on any atom is 0.221 e. The molecule has 9 heteroatoms. The van der Waals surface area contributed by atoms with E-state index in [9.17, 15) is 9.90 Å². The quantitative estimate of drug-likeness (QED) is 0.211. The van der Waals surface area contributed by atoms with E-state index in [4.69, 9.17) is 9.73 Å². The van der Waals surface area contributed by atoms with Crippen molar-refractivity contribution in [3.8, 4) is 11.5 Å². The van der Waals surface area contributed by atoms with Gasteiger partial charge in [0.15, 0.2) is 5.96 Å². The Morgan fingerprint density at radius 2 is 1.88 bits per heavy atom. The van der Waals surface area contributed by atoms with Crippen LogP contribution in [0.5, 0.6) is 11.5 Å². The second-order valence-electron chi connectivity index (χ2n) is 7.26. The molecule has 0 spiro atoms. The maximum atomic E-state index is 11.2. The van der Waals surface area contributed by atoms with E-state index in [0.29, 0.717) is 30.3 Å². The maximum absolute atomic E-state index is 11.2. The highest BCUT2D eigenvalue weighted by Crippen LogP contribution is 2.27. The molecule has 0 aliphatic carbocycles. The van der Waals surface area contributed by atoms with Crippen LogP contribution >= 0.6 is 24.0 Å². The number of nitrogens with one attached hydrogen (secondary N) is 2. The van der Waals surface area contributed by atoms with Gasteiger partial charge in [-0.15, -0.1) is 24.0 Å². The summed E-state index contributed by atoms with van der Waals surface area (Å²) in [7, 11) is 0. The Morgan fingerprint density at radius 1 is 1.12 bits per heavy atom. The van der Waals surface area contributed by atoms with E-state index in [2.05, 4.69) is 27.4 Å². The van der Waals surface area contributed by atoms with Crippen molar-refractivity contribution in [3.05, 3.63) is 48.5 Å². The van der Waals surface area contributed by atoms with Crippen molar-refractivity contribution in [3.63, 3.8) is 0 Å². The van der Waals surface area contributed by atoms with Gasteiger partial charge in [-0.1, -0.05) is 18.2 Å². The Labute approximate surface area is 206 Å². The molecule has 0 saturated carbocycles. The van der Waals surface area contributed by atoms with Gasteiger partial charge in [-0.2, -0.15) is 0 Å². The zero-order valence-corrected chi connectivity index (χ0v) is 20.9. The first kappa shape index (κ1) is 25.6. The van der Waals surface area contributed by atoms with E-state index < -0.39 is 0 Å². The summed E-state index contributed by atoms with van der Waals surface area (Å²) in [6, 6.07) is 14.8.